The highest BCUT2D eigenvalue weighted by molar-refractivity contribution is 8.00. The fourth-order valence-corrected chi connectivity index (χ4v) is 2.27. The monoisotopic (exact) mass is 299 g/mol. The zero-order valence-electron chi connectivity index (χ0n) is 10.6. The molecule has 0 spiro atoms. The zero-order valence-corrected chi connectivity index (χ0v) is 11.4. The van der Waals surface area contributed by atoms with Crippen molar-refractivity contribution in [3.05, 3.63) is 48.5 Å². The summed E-state index contributed by atoms with van der Waals surface area (Å²) in [4.78, 5) is 8.20. The Morgan fingerprint density at radius 3 is 2.60 bits per heavy atom. The molecule has 0 saturated carbocycles. The summed E-state index contributed by atoms with van der Waals surface area (Å²) >= 11 is -0.134. The Hall–Kier alpha value is -1.76. The number of benzene rings is 1. The highest BCUT2D eigenvalue weighted by atomic mass is 32.2. The van der Waals surface area contributed by atoms with Gasteiger partial charge in [0, 0.05) is 23.0 Å². The van der Waals surface area contributed by atoms with Gasteiger partial charge in [-0.25, -0.2) is 0 Å². The minimum Gasteiger partial charge on any atom is -0.376 e. The Kier molecular flexibility index (Phi) is 4.49. The van der Waals surface area contributed by atoms with Crippen LogP contribution in [0.25, 0.3) is 0 Å². The lowest BCUT2D eigenvalue weighted by Gasteiger charge is -2.17. The van der Waals surface area contributed by atoms with Gasteiger partial charge in [-0.2, -0.15) is 13.2 Å². The molecular formula is C13H12F3N3S. The van der Waals surface area contributed by atoms with Crippen LogP contribution < -0.4 is 5.32 Å². The van der Waals surface area contributed by atoms with Crippen LogP contribution in [0.5, 0.6) is 0 Å². The van der Waals surface area contributed by atoms with Crippen LogP contribution in [-0.4, -0.2) is 15.5 Å². The average Bonchev–Trinajstić information content (AvgIpc) is 2.40. The molecule has 1 aromatic heterocycles. The number of nitrogens with zero attached hydrogens (tertiary/aromatic N) is 2. The van der Waals surface area contributed by atoms with Crippen LogP contribution in [-0.2, 0) is 0 Å². The summed E-state index contributed by atoms with van der Waals surface area (Å²) < 4.78 is 37.5. The van der Waals surface area contributed by atoms with E-state index in [0.717, 1.165) is 0 Å². The van der Waals surface area contributed by atoms with Crippen LogP contribution in [0.3, 0.4) is 0 Å². The van der Waals surface area contributed by atoms with Crippen molar-refractivity contribution in [1.82, 2.24) is 9.97 Å². The van der Waals surface area contributed by atoms with Crippen LogP contribution >= 0.6 is 11.8 Å². The fraction of sp³-hybridized carbons (Fsp3) is 0.231. The van der Waals surface area contributed by atoms with Crippen LogP contribution in [0, 0.1) is 0 Å². The molecule has 0 saturated heterocycles. The van der Waals surface area contributed by atoms with Crippen molar-refractivity contribution in [3.8, 4) is 0 Å². The second-order valence-electron chi connectivity index (χ2n) is 4.04. The highest BCUT2D eigenvalue weighted by Crippen LogP contribution is 2.40. The Bertz CT molecular complexity index is 560. The largest absolute Gasteiger partial charge is 0.446 e. The van der Waals surface area contributed by atoms with E-state index in [1.807, 2.05) is 6.92 Å². The molecule has 0 bridgehead atoms. The molecule has 1 heterocycles. The third-order valence-electron chi connectivity index (χ3n) is 2.51. The predicted octanol–water partition coefficient (Wildman–Crippen LogP) is 4.26. The fourth-order valence-electron chi connectivity index (χ4n) is 1.64. The molecule has 0 aliphatic heterocycles. The molecule has 1 N–H and O–H groups in total. The molecule has 20 heavy (non-hydrogen) atoms. The van der Waals surface area contributed by atoms with Crippen LogP contribution in [0.15, 0.2) is 47.8 Å². The van der Waals surface area contributed by atoms with E-state index in [1.54, 1.807) is 36.8 Å². The van der Waals surface area contributed by atoms with Gasteiger partial charge in [0.2, 0.25) is 0 Å². The average molecular weight is 299 g/mol. The lowest BCUT2D eigenvalue weighted by molar-refractivity contribution is -0.0327. The number of halogens is 3. The molecule has 1 atom stereocenters. The Balaban J connectivity index is 2.17. The molecule has 7 heteroatoms. The first-order valence-electron chi connectivity index (χ1n) is 5.83. The number of thioether (sulfide) groups is 1. The van der Waals surface area contributed by atoms with Gasteiger partial charge in [0.1, 0.15) is 0 Å². The molecule has 1 aromatic carbocycles. The van der Waals surface area contributed by atoms with Crippen molar-refractivity contribution in [1.29, 1.82) is 0 Å². The second-order valence-corrected chi connectivity index (χ2v) is 5.15. The number of alkyl halides is 3. The summed E-state index contributed by atoms with van der Waals surface area (Å²) in [5.74, 6) is 0. The SMILES string of the molecule is CC(Nc1ccccc1SC(F)(F)F)c1cnccn1. The molecule has 0 radical (unpaired) electrons. The number of anilines is 1. The third-order valence-corrected chi connectivity index (χ3v) is 3.32. The maximum Gasteiger partial charge on any atom is 0.446 e. The van der Waals surface area contributed by atoms with Crippen molar-refractivity contribution in [2.45, 2.75) is 23.4 Å². The normalized spacial score (nSPS) is 13.0. The van der Waals surface area contributed by atoms with E-state index in [-0.39, 0.29) is 22.7 Å². The molecule has 0 fully saturated rings. The second kappa shape index (κ2) is 6.13. The van der Waals surface area contributed by atoms with Gasteiger partial charge in [0.25, 0.3) is 0 Å². The Labute approximate surface area is 118 Å². The topological polar surface area (TPSA) is 37.8 Å². The first-order chi connectivity index (χ1) is 9.46. The van der Waals surface area contributed by atoms with Gasteiger partial charge in [-0.1, -0.05) is 12.1 Å². The van der Waals surface area contributed by atoms with Gasteiger partial charge < -0.3 is 5.32 Å². The van der Waals surface area contributed by atoms with Crippen molar-refractivity contribution >= 4 is 17.4 Å². The maximum atomic E-state index is 12.5. The molecule has 2 aromatic rings. The summed E-state index contributed by atoms with van der Waals surface area (Å²) in [6.07, 6.45) is 4.67. The predicted molar refractivity (Wildman–Crippen MR) is 72.4 cm³/mol. The summed E-state index contributed by atoms with van der Waals surface area (Å²) in [6.45, 7) is 1.82. The van der Waals surface area contributed by atoms with Crippen molar-refractivity contribution in [2.24, 2.45) is 0 Å². The Morgan fingerprint density at radius 1 is 1.20 bits per heavy atom. The van der Waals surface area contributed by atoms with Gasteiger partial charge in [-0.15, -0.1) is 0 Å². The van der Waals surface area contributed by atoms with Crippen molar-refractivity contribution in [3.63, 3.8) is 0 Å². The lowest BCUT2D eigenvalue weighted by atomic mass is 10.2. The van der Waals surface area contributed by atoms with E-state index in [1.165, 1.54) is 6.07 Å². The molecule has 0 amide bonds. The number of hydrogen-bond acceptors (Lipinski definition) is 4. The summed E-state index contributed by atoms with van der Waals surface area (Å²) in [5, 5.41) is 3.03. The molecule has 106 valence electrons. The molecule has 1 unspecified atom stereocenters. The molecule has 0 aliphatic rings. The van der Waals surface area contributed by atoms with E-state index in [0.29, 0.717) is 11.4 Å². The van der Waals surface area contributed by atoms with Crippen molar-refractivity contribution in [2.75, 3.05) is 5.32 Å². The molecule has 3 nitrogen and oxygen atoms in total. The first-order valence-corrected chi connectivity index (χ1v) is 6.64. The van der Waals surface area contributed by atoms with Crippen molar-refractivity contribution < 1.29 is 13.2 Å². The standard InChI is InChI=1S/C13H12F3N3S/c1-9(11-8-17-6-7-18-11)19-10-4-2-3-5-12(10)20-13(14,15)16/h2-9,19H,1H3. The highest BCUT2D eigenvalue weighted by Gasteiger charge is 2.30. The minimum absolute atomic E-state index is 0.134. The number of nitrogens with one attached hydrogen (secondary N) is 1. The van der Waals surface area contributed by atoms with E-state index in [2.05, 4.69) is 15.3 Å². The Morgan fingerprint density at radius 2 is 1.95 bits per heavy atom. The first kappa shape index (κ1) is 14.6. The summed E-state index contributed by atoms with van der Waals surface area (Å²) in [5.41, 5.74) is -3.22. The van der Waals surface area contributed by atoms with Gasteiger partial charge >= 0.3 is 5.51 Å². The molecule has 2 rings (SSSR count). The maximum absolute atomic E-state index is 12.5. The van der Waals surface area contributed by atoms with E-state index in [9.17, 15) is 13.2 Å². The number of hydrogen-bond donors (Lipinski definition) is 1. The van der Waals surface area contributed by atoms with Crippen LogP contribution in [0.1, 0.15) is 18.7 Å². The summed E-state index contributed by atoms with van der Waals surface area (Å²) in [6, 6.07) is 6.07. The van der Waals surface area contributed by atoms with Gasteiger partial charge in [-0.3, -0.25) is 9.97 Å². The third kappa shape index (κ3) is 4.12. The van der Waals surface area contributed by atoms with E-state index in [4.69, 9.17) is 0 Å². The van der Waals surface area contributed by atoms with Gasteiger partial charge in [-0.05, 0) is 30.8 Å². The minimum atomic E-state index is -4.31. The van der Waals surface area contributed by atoms with Gasteiger partial charge in [0.15, 0.2) is 0 Å². The van der Waals surface area contributed by atoms with E-state index < -0.39 is 5.51 Å². The number of aromatic nitrogens is 2. The molecular weight excluding hydrogens is 287 g/mol. The quantitative estimate of drug-likeness (QED) is 0.856. The number of rotatable bonds is 4. The van der Waals surface area contributed by atoms with E-state index >= 15 is 0 Å². The van der Waals surface area contributed by atoms with Crippen LogP contribution in [0.2, 0.25) is 0 Å². The smallest absolute Gasteiger partial charge is 0.376 e. The van der Waals surface area contributed by atoms with Crippen LogP contribution in [0.4, 0.5) is 18.9 Å². The summed E-state index contributed by atoms with van der Waals surface area (Å²) in [7, 11) is 0. The van der Waals surface area contributed by atoms with Gasteiger partial charge in [0.05, 0.1) is 17.9 Å². The zero-order chi connectivity index (χ0) is 14.6. The lowest BCUT2D eigenvalue weighted by Crippen LogP contribution is -2.10. The number of para-hydroxylation sites is 1. The molecule has 0 aliphatic carbocycles.